The number of hydrogen-bond donors (Lipinski definition) is 0. The Morgan fingerprint density at radius 3 is 2.71 bits per heavy atom. The van der Waals surface area contributed by atoms with Crippen LogP contribution in [0.3, 0.4) is 0 Å². The molecule has 28 heavy (non-hydrogen) atoms. The normalized spacial score (nSPS) is 23.5. The molecule has 2 saturated heterocycles. The Kier molecular flexibility index (Phi) is 4.51. The number of piperidine rings is 2. The third kappa shape index (κ3) is 3.37. The number of likely N-dealkylation sites (tertiary alicyclic amines) is 1. The highest BCUT2D eigenvalue weighted by Crippen LogP contribution is 2.40. The van der Waals surface area contributed by atoms with Crippen molar-refractivity contribution in [3.8, 4) is 0 Å². The summed E-state index contributed by atoms with van der Waals surface area (Å²) in [4.78, 5) is 5.20. The lowest BCUT2D eigenvalue weighted by atomic mass is 9.73. The third-order valence-electron chi connectivity index (χ3n) is 6.36. The maximum atomic E-state index is 4.51. The zero-order valence-corrected chi connectivity index (χ0v) is 16.6. The lowest BCUT2D eigenvalue weighted by molar-refractivity contribution is 0.0685. The molecule has 1 unspecified atom stereocenters. The molecule has 1 atom stereocenters. The van der Waals surface area contributed by atoms with Crippen molar-refractivity contribution < 1.29 is 0 Å². The van der Waals surface area contributed by atoms with Gasteiger partial charge in [-0.2, -0.15) is 9.61 Å². The zero-order valence-electron chi connectivity index (χ0n) is 16.6. The van der Waals surface area contributed by atoms with Crippen LogP contribution in [-0.4, -0.2) is 50.9 Å². The molecule has 0 N–H and O–H groups in total. The van der Waals surface area contributed by atoms with Crippen molar-refractivity contribution in [1.82, 2.24) is 24.7 Å². The van der Waals surface area contributed by atoms with E-state index in [0.29, 0.717) is 5.41 Å². The minimum atomic E-state index is 0.374. The highest BCUT2D eigenvalue weighted by atomic mass is 15.4. The molecule has 0 aliphatic carbocycles. The van der Waals surface area contributed by atoms with Crippen molar-refractivity contribution in [3.63, 3.8) is 0 Å². The Labute approximate surface area is 166 Å². The van der Waals surface area contributed by atoms with Gasteiger partial charge in [-0.15, -0.1) is 10.2 Å². The second-order valence-electron chi connectivity index (χ2n) is 8.59. The van der Waals surface area contributed by atoms with E-state index in [4.69, 9.17) is 0 Å². The smallest absolute Gasteiger partial charge is 0.200 e. The average molecular weight is 377 g/mol. The topological polar surface area (TPSA) is 49.6 Å². The van der Waals surface area contributed by atoms with Crippen LogP contribution in [0.1, 0.15) is 36.9 Å². The maximum Gasteiger partial charge on any atom is 0.200 e. The van der Waals surface area contributed by atoms with Crippen LogP contribution in [-0.2, 0) is 6.54 Å². The summed E-state index contributed by atoms with van der Waals surface area (Å²) in [5.41, 5.74) is 4.86. The summed E-state index contributed by atoms with van der Waals surface area (Å²) in [6, 6.07) is 13.1. The number of anilines is 1. The van der Waals surface area contributed by atoms with Gasteiger partial charge in [-0.05, 0) is 50.8 Å². The fourth-order valence-corrected chi connectivity index (χ4v) is 5.20. The Morgan fingerprint density at radius 2 is 1.86 bits per heavy atom. The van der Waals surface area contributed by atoms with E-state index in [1.165, 1.54) is 50.0 Å². The molecular weight excluding hydrogens is 348 g/mol. The lowest BCUT2D eigenvalue weighted by Gasteiger charge is -2.49. The van der Waals surface area contributed by atoms with Crippen LogP contribution in [0.2, 0.25) is 0 Å². The van der Waals surface area contributed by atoms with Gasteiger partial charge in [-0.1, -0.05) is 30.3 Å². The van der Waals surface area contributed by atoms with Crippen molar-refractivity contribution in [2.75, 3.05) is 31.1 Å². The summed E-state index contributed by atoms with van der Waals surface area (Å²) in [5, 5.41) is 12.9. The predicted molar refractivity (Wildman–Crippen MR) is 110 cm³/mol. The standard InChI is InChI=1S/C22H28N6/c1-18-13-20(21-24-23-17-28(21)25-18)27-12-6-10-22(16-27)9-5-11-26(15-22)14-19-7-3-2-4-8-19/h2-4,7-8,13,17H,5-6,9-12,14-16H2,1H3. The Bertz CT molecular complexity index is 948. The molecule has 0 radical (unpaired) electrons. The first-order chi connectivity index (χ1) is 13.7. The van der Waals surface area contributed by atoms with E-state index in [1.807, 2.05) is 11.4 Å². The Hall–Kier alpha value is -2.47. The van der Waals surface area contributed by atoms with Gasteiger partial charge in [-0.3, -0.25) is 4.90 Å². The quantitative estimate of drug-likeness (QED) is 0.702. The number of benzene rings is 1. The number of rotatable bonds is 3. The van der Waals surface area contributed by atoms with Crippen molar-refractivity contribution >= 4 is 11.3 Å². The summed E-state index contributed by atoms with van der Waals surface area (Å²) in [6.45, 7) is 7.69. The molecule has 6 heteroatoms. The second kappa shape index (κ2) is 7.17. The van der Waals surface area contributed by atoms with Gasteiger partial charge in [0.25, 0.3) is 0 Å². The first-order valence-electron chi connectivity index (χ1n) is 10.4. The molecule has 146 valence electrons. The fourth-order valence-electron chi connectivity index (χ4n) is 5.20. The van der Waals surface area contributed by atoms with Gasteiger partial charge in [0.05, 0.1) is 11.4 Å². The highest BCUT2D eigenvalue weighted by Gasteiger charge is 2.39. The minimum Gasteiger partial charge on any atom is -0.368 e. The molecule has 3 aromatic rings. The van der Waals surface area contributed by atoms with Crippen LogP contribution < -0.4 is 4.90 Å². The molecule has 5 rings (SSSR count). The monoisotopic (exact) mass is 376 g/mol. The van der Waals surface area contributed by atoms with Gasteiger partial charge in [0.15, 0.2) is 0 Å². The van der Waals surface area contributed by atoms with Crippen LogP contribution in [0.15, 0.2) is 42.7 Å². The van der Waals surface area contributed by atoms with E-state index in [1.54, 1.807) is 6.33 Å². The summed E-state index contributed by atoms with van der Waals surface area (Å²) in [7, 11) is 0. The lowest BCUT2D eigenvalue weighted by Crippen LogP contribution is -2.52. The van der Waals surface area contributed by atoms with E-state index >= 15 is 0 Å². The summed E-state index contributed by atoms with van der Waals surface area (Å²) in [6.07, 6.45) is 6.87. The van der Waals surface area contributed by atoms with Crippen molar-refractivity contribution in [1.29, 1.82) is 0 Å². The number of aryl methyl sites for hydroxylation is 1. The molecule has 1 aromatic carbocycles. The van der Waals surface area contributed by atoms with E-state index in [9.17, 15) is 0 Å². The minimum absolute atomic E-state index is 0.374. The summed E-state index contributed by atoms with van der Waals surface area (Å²) >= 11 is 0. The molecule has 2 aromatic heterocycles. The first-order valence-corrected chi connectivity index (χ1v) is 10.4. The summed E-state index contributed by atoms with van der Waals surface area (Å²) in [5.74, 6) is 0. The first kappa shape index (κ1) is 17.6. The van der Waals surface area contributed by atoms with E-state index in [-0.39, 0.29) is 0 Å². The van der Waals surface area contributed by atoms with Gasteiger partial charge in [-0.25, -0.2) is 0 Å². The van der Waals surface area contributed by atoms with Crippen LogP contribution in [0.4, 0.5) is 5.69 Å². The van der Waals surface area contributed by atoms with Crippen molar-refractivity contribution in [2.24, 2.45) is 5.41 Å². The molecule has 2 aliphatic heterocycles. The van der Waals surface area contributed by atoms with Crippen LogP contribution >= 0.6 is 0 Å². The zero-order chi connectivity index (χ0) is 19.0. The number of fused-ring (bicyclic) bond motifs is 1. The van der Waals surface area contributed by atoms with Crippen LogP contribution in [0.25, 0.3) is 5.65 Å². The van der Waals surface area contributed by atoms with E-state index in [2.05, 4.69) is 61.5 Å². The molecule has 2 aliphatic rings. The summed E-state index contributed by atoms with van der Waals surface area (Å²) < 4.78 is 1.81. The highest BCUT2D eigenvalue weighted by molar-refractivity contribution is 5.68. The van der Waals surface area contributed by atoms with Gasteiger partial charge in [0.1, 0.15) is 6.33 Å². The molecular formula is C22H28N6. The van der Waals surface area contributed by atoms with Gasteiger partial charge in [0, 0.05) is 31.6 Å². The Morgan fingerprint density at radius 1 is 1.04 bits per heavy atom. The number of nitrogens with zero attached hydrogens (tertiary/aromatic N) is 6. The van der Waals surface area contributed by atoms with E-state index in [0.717, 1.165) is 31.0 Å². The van der Waals surface area contributed by atoms with Gasteiger partial charge < -0.3 is 4.90 Å². The SMILES string of the molecule is Cc1cc(N2CCCC3(CCCN(Cc4ccccc4)C3)C2)c2nncn2n1. The largest absolute Gasteiger partial charge is 0.368 e. The van der Waals surface area contributed by atoms with Crippen molar-refractivity contribution in [3.05, 3.63) is 54.0 Å². The fraction of sp³-hybridized carbons (Fsp3) is 0.500. The molecule has 1 spiro atoms. The predicted octanol–water partition coefficient (Wildman–Crippen LogP) is 3.32. The van der Waals surface area contributed by atoms with Crippen LogP contribution in [0, 0.1) is 12.3 Å². The van der Waals surface area contributed by atoms with E-state index < -0.39 is 0 Å². The molecule has 0 saturated carbocycles. The molecule has 0 bridgehead atoms. The second-order valence-corrected chi connectivity index (χ2v) is 8.59. The van der Waals surface area contributed by atoms with Crippen LogP contribution in [0.5, 0.6) is 0 Å². The molecule has 0 amide bonds. The third-order valence-corrected chi connectivity index (χ3v) is 6.36. The van der Waals surface area contributed by atoms with Gasteiger partial charge >= 0.3 is 0 Å². The molecule has 6 nitrogen and oxygen atoms in total. The molecule has 2 fully saturated rings. The van der Waals surface area contributed by atoms with Crippen molar-refractivity contribution in [2.45, 2.75) is 39.2 Å². The number of hydrogen-bond acceptors (Lipinski definition) is 5. The van der Waals surface area contributed by atoms with Gasteiger partial charge in [0.2, 0.25) is 5.65 Å². The average Bonchev–Trinajstić information content (AvgIpc) is 3.16. The molecule has 4 heterocycles. The number of aromatic nitrogens is 4. The maximum absolute atomic E-state index is 4.51. The Balaban J connectivity index is 1.37.